The lowest BCUT2D eigenvalue weighted by Gasteiger charge is -2.16. The molecule has 6 nitrogen and oxygen atoms in total. The minimum Gasteiger partial charge on any atom is -0.497 e. The topological polar surface area (TPSA) is 68.5 Å². The number of amides is 1. The minimum absolute atomic E-state index is 0.0560. The van der Waals surface area contributed by atoms with E-state index in [2.05, 4.69) is 10.1 Å². The van der Waals surface area contributed by atoms with Gasteiger partial charge in [0.2, 0.25) is 11.8 Å². The Kier molecular flexibility index (Phi) is 4.23. The zero-order valence-electron chi connectivity index (χ0n) is 13.7. The number of aromatic nitrogens is 2. The van der Waals surface area contributed by atoms with Gasteiger partial charge in [0.05, 0.1) is 13.5 Å². The number of benzene rings is 1. The van der Waals surface area contributed by atoms with Gasteiger partial charge in [-0.05, 0) is 23.6 Å². The molecule has 1 amide bonds. The highest BCUT2D eigenvalue weighted by atomic mass is 32.1. The van der Waals surface area contributed by atoms with Crippen LogP contribution in [0.4, 0.5) is 5.69 Å². The number of nitrogens with zero attached hydrogens (tertiary/aromatic N) is 3. The zero-order chi connectivity index (χ0) is 17.2. The molecule has 3 aromatic rings. The maximum absolute atomic E-state index is 12.4. The fourth-order valence-electron chi connectivity index (χ4n) is 2.98. The van der Waals surface area contributed by atoms with E-state index in [0.717, 1.165) is 11.4 Å². The lowest BCUT2D eigenvalue weighted by molar-refractivity contribution is -0.117. The van der Waals surface area contributed by atoms with Crippen molar-refractivity contribution in [1.82, 2.24) is 10.1 Å². The molecule has 0 spiro atoms. The number of ether oxygens (including phenoxy) is 1. The number of thiophene rings is 1. The fourth-order valence-corrected chi connectivity index (χ4v) is 3.67. The van der Waals surface area contributed by atoms with Crippen LogP contribution in [0.5, 0.6) is 5.75 Å². The van der Waals surface area contributed by atoms with Gasteiger partial charge in [-0.2, -0.15) is 4.98 Å². The first-order valence-electron chi connectivity index (χ1n) is 8.02. The Balaban J connectivity index is 1.49. The van der Waals surface area contributed by atoms with Gasteiger partial charge < -0.3 is 14.2 Å². The summed E-state index contributed by atoms with van der Waals surface area (Å²) >= 11 is 1.66. The molecule has 1 fully saturated rings. The monoisotopic (exact) mass is 355 g/mol. The summed E-state index contributed by atoms with van der Waals surface area (Å²) in [6.45, 7) is 0.546. The van der Waals surface area contributed by atoms with E-state index in [1.54, 1.807) is 23.3 Å². The molecule has 3 heterocycles. The van der Waals surface area contributed by atoms with Crippen LogP contribution < -0.4 is 9.64 Å². The van der Waals surface area contributed by atoms with Crippen molar-refractivity contribution in [3.63, 3.8) is 0 Å². The van der Waals surface area contributed by atoms with Gasteiger partial charge in [-0.15, -0.1) is 11.3 Å². The van der Waals surface area contributed by atoms with Gasteiger partial charge in [-0.1, -0.05) is 17.3 Å². The number of rotatable bonds is 5. The van der Waals surface area contributed by atoms with E-state index in [1.807, 2.05) is 41.8 Å². The second kappa shape index (κ2) is 6.68. The molecule has 1 atom stereocenters. The van der Waals surface area contributed by atoms with Crippen LogP contribution in [0.15, 0.2) is 46.3 Å². The number of anilines is 1. The average Bonchev–Trinajstić information content (AvgIpc) is 3.36. The molecule has 1 unspecified atom stereocenters. The molecule has 0 N–H and O–H groups in total. The normalized spacial score (nSPS) is 17.2. The maximum atomic E-state index is 12.4. The molecule has 2 aromatic heterocycles. The molecule has 1 aliphatic rings. The predicted molar refractivity (Wildman–Crippen MR) is 94.1 cm³/mol. The quantitative estimate of drug-likeness (QED) is 0.703. The summed E-state index contributed by atoms with van der Waals surface area (Å²) in [7, 11) is 1.61. The molecule has 0 aliphatic carbocycles. The molecule has 128 valence electrons. The van der Waals surface area contributed by atoms with Gasteiger partial charge in [0, 0.05) is 35.5 Å². The fraction of sp³-hybridized carbons (Fsp3) is 0.278. The molecule has 1 saturated heterocycles. The van der Waals surface area contributed by atoms with Crippen molar-refractivity contribution in [3.8, 4) is 5.75 Å². The summed E-state index contributed by atoms with van der Waals surface area (Å²) < 4.78 is 10.6. The van der Waals surface area contributed by atoms with Crippen molar-refractivity contribution >= 4 is 22.9 Å². The van der Waals surface area contributed by atoms with Crippen LogP contribution in [0, 0.1) is 0 Å². The number of hydrogen-bond donors (Lipinski definition) is 0. The van der Waals surface area contributed by atoms with Crippen molar-refractivity contribution in [2.24, 2.45) is 0 Å². The van der Waals surface area contributed by atoms with Crippen molar-refractivity contribution in [2.75, 3.05) is 18.6 Å². The molecule has 4 rings (SSSR count). The number of carbonyl (C=O) groups excluding carboxylic acids is 1. The molecule has 1 aliphatic heterocycles. The lowest BCUT2D eigenvalue weighted by Crippen LogP contribution is -2.24. The van der Waals surface area contributed by atoms with Gasteiger partial charge in [-0.25, -0.2) is 0 Å². The van der Waals surface area contributed by atoms with Crippen molar-refractivity contribution in [2.45, 2.75) is 18.8 Å². The van der Waals surface area contributed by atoms with Crippen LogP contribution in [0.2, 0.25) is 0 Å². The van der Waals surface area contributed by atoms with Crippen LogP contribution >= 0.6 is 11.3 Å². The first-order chi connectivity index (χ1) is 12.2. The molecule has 0 radical (unpaired) electrons. The van der Waals surface area contributed by atoms with E-state index >= 15 is 0 Å². The average molecular weight is 355 g/mol. The van der Waals surface area contributed by atoms with E-state index in [1.165, 1.54) is 4.88 Å². The number of hydrogen-bond acceptors (Lipinski definition) is 6. The van der Waals surface area contributed by atoms with Crippen LogP contribution in [-0.4, -0.2) is 29.7 Å². The minimum atomic E-state index is -0.0560. The third kappa shape index (κ3) is 3.28. The van der Waals surface area contributed by atoms with Crippen molar-refractivity contribution in [1.29, 1.82) is 0 Å². The summed E-state index contributed by atoms with van der Waals surface area (Å²) in [6.07, 6.45) is 1.01. The van der Waals surface area contributed by atoms with E-state index in [4.69, 9.17) is 9.26 Å². The standard InChI is InChI=1S/C18H17N3O3S/c1-23-14-5-2-4-13(9-14)21-11-12(8-17(21)22)18-19-16(24-20-18)10-15-6-3-7-25-15/h2-7,9,12H,8,10-11H2,1H3. The lowest BCUT2D eigenvalue weighted by atomic mass is 10.1. The van der Waals surface area contributed by atoms with E-state index in [-0.39, 0.29) is 11.8 Å². The SMILES string of the molecule is COc1cccc(N2CC(c3noc(Cc4cccs4)n3)CC2=O)c1. The van der Waals surface area contributed by atoms with Gasteiger partial charge >= 0.3 is 0 Å². The van der Waals surface area contributed by atoms with Crippen LogP contribution in [0.3, 0.4) is 0 Å². The summed E-state index contributed by atoms with van der Waals surface area (Å²) in [5.74, 6) is 1.92. The molecule has 0 saturated carbocycles. The Hall–Kier alpha value is -2.67. The highest BCUT2D eigenvalue weighted by Gasteiger charge is 2.34. The third-order valence-corrected chi connectivity index (χ3v) is 5.12. The predicted octanol–water partition coefficient (Wildman–Crippen LogP) is 3.25. The van der Waals surface area contributed by atoms with Gasteiger partial charge in [0.25, 0.3) is 0 Å². The largest absolute Gasteiger partial charge is 0.497 e. The Morgan fingerprint density at radius 3 is 3.08 bits per heavy atom. The second-order valence-electron chi connectivity index (χ2n) is 5.91. The highest BCUT2D eigenvalue weighted by molar-refractivity contribution is 7.09. The summed E-state index contributed by atoms with van der Waals surface area (Å²) in [6, 6.07) is 11.5. The van der Waals surface area contributed by atoms with Crippen LogP contribution in [0.1, 0.15) is 28.9 Å². The summed E-state index contributed by atoms with van der Waals surface area (Å²) in [4.78, 5) is 19.8. The first kappa shape index (κ1) is 15.8. The molecule has 7 heteroatoms. The Morgan fingerprint density at radius 2 is 2.28 bits per heavy atom. The van der Waals surface area contributed by atoms with Crippen LogP contribution in [0.25, 0.3) is 0 Å². The van der Waals surface area contributed by atoms with Crippen molar-refractivity contribution < 1.29 is 14.1 Å². The number of carbonyl (C=O) groups is 1. The Bertz CT molecular complexity index is 875. The van der Waals surface area contributed by atoms with E-state index in [0.29, 0.717) is 31.1 Å². The third-order valence-electron chi connectivity index (χ3n) is 4.24. The van der Waals surface area contributed by atoms with Gasteiger partial charge in [0.1, 0.15) is 5.75 Å². The van der Waals surface area contributed by atoms with E-state index < -0.39 is 0 Å². The summed E-state index contributed by atoms with van der Waals surface area (Å²) in [5.41, 5.74) is 0.828. The molecule has 1 aromatic carbocycles. The van der Waals surface area contributed by atoms with Gasteiger partial charge in [-0.3, -0.25) is 4.79 Å². The Morgan fingerprint density at radius 1 is 1.36 bits per heavy atom. The second-order valence-corrected chi connectivity index (χ2v) is 6.94. The zero-order valence-corrected chi connectivity index (χ0v) is 14.5. The molecular weight excluding hydrogens is 338 g/mol. The molecular formula is C18H17N3O3S. The Labute approximate surface area is 149 Å². The molecule has 25 heavy (non-hydrogen) atoms. The van der Waals surface area contributed by atoms with Crippen LogP contribution in [-0.2, 0) is 11.2 Å². The first-order valence-corrected chi connectivity index (χ1v) is 8.90. The maximum Gasteiger partial charge on any atom is 0.231 e. The summed E-state index contributed by atoms with van der Waals surface area (Å²) in [5, 5.41) is 6.11. The molecule has 0 bridgehead atoms. The van der Waals surface area contributed by atoms with Crippen molar-refractivity contribution in [3.05, 3.63) is 58.4 Å². The highest BCUT2D eigenvalue weighted by Crippen LogP contribution is 2.32. The van der Waals surface area contributed by atoms with E-state index in [9.17, 15) is 4.79 Å². The number of methoxy groups -OCH3 is 1. The van der Waals surface area contributed by atoms with Gasteiger partial charge in [0.15, 0.2) is 5.82 Å². The smallest absolute Gasteiger partial charge is 0.231 e.